The average Bonchev–Trinajstić information content (AvgIpc) is 3.00. The molecule has 2 aromatic rings. The van der Waals surface area contributed by atoms with Gasteiger partial charge in [-0.05, 0) is 30.4 Å². The number of nitrogens with zero attached hydrogens (tertiary/aromatic N) is 3. The molecule has 1 saturated carbocycles. The van der Waals surface area contributed by atoms with Gasteiger partial charge in [0.05, 0.1) is 6.54 Å². The highest BCUT2D eigenvalue weighted by atomic mass is 35.5. The fourth-order valence-corrected chi connectivity index (χ4v) is 3.52. The Hall–Kier alpha value is -1.88. The van der Waals surface area contributed by atoms with Crippen LogP contribution >= 0.6 is 11.6 Å². The van der Waals surface area contributed by atoms with Crippen LogP contribution in [-0.4, -0.2) is 20.7 Å². The van der Waals surface area contributed by atoms with Crippen molar-refractivity contribution in [3.05, 3.63) is 46.5 Å². The first-order chi connectivity index (χ1) is 10.7. The molecule has 0 saturated heterocycles. The fourth-order valence-electron chi connectivity index (χ4n) is 3.24. The fraction of sp³-hybridized carbons (Fsp3) is 0.438. The van der Waals surface area contributed by atoms with E-state index in [9.17, 15) is 4.79 Å². The summed E-state index contributed by atoms with van der Waals surface area (Å²) in [4.78, 5) is 12.3. The first kappa shape index (κ1) is 13.8. The van der Waals surface area contributed by atoms with Crippen molar-refractivity contribution in [3.8, 4) is 0 Å². The van der Waals surface area contributed by atoms with Gasteiger partial charge in [-0.25, -0.2) is 0 Å². The molecule has 2 aliphatic rings. The Labute approximate surface area is 133 Å². The number of halogens is 1. The number of nitrogens with one attached hydrogen (secondary N) is 1. The van der Waals surface area contributed by atoms with Crippen molar-refractivity contribution in [2.45, 2.75) is 38.3 Å². The first-order valence-corrected chi connectivity index (χ1v) is 8.05. The summed E-state index contributed by atoms with van der Waals surface area (Å²) in [6.07, 6.45) is 2.97. The summed E-state index contributed by atoms with van der Waals surface area (Å²) >= 11 is 6.20. The van der Waals surface area contributed by atoms with Crippen molar-refractivity contribution in [2.75, 3.05) is 0 Å². The first-order valence-electron chi connectivity index (χ1n) is 7.67. The molecule has 0 spiro atoms. The molecule has 6 heteroatoms. The van der Waals surface area contributed by atoms with Crippen LogP contribution in [0.5, 0.6) is 0 Å². The molecule has 5 nitrogen and oxygen atoms in total. The minimum absolute atomic E-state index is 0.0286. The molecule has 0 radical (unpaired) electrons. The molecule has 1 aromatic heterocycles. The van der Waals surface area contributed by atoms with Crippen molar-refractivity contribution < 1.29 is 4.79 Å². The second-order valence-corrected chi connectivity index (χ2v) is 6.38. The lowest BCUT2D eigenvalue weighted by molar-refractivity contribution is -0.122. The maximum atomic E-state index is 12.3. The molecule has 114 valence electrons. The lowest BCUT2D eigenvalue weighted by atomic mass is 10.1. The number of hydrogen-bond donors (Lipinski definition) is 1. The lowest BCUT2D eigenvalue weighted by Crippen LogP contribution is -2.26. The molecule has 1 N–H and O–H groups in total. The van der Waals surface area contributed by atoms with E-state index in [1.54, 1.807) is 0 Å². The summed E-state index contributed by atoms with van der Waals surface area (Å²) in [6, 6.07) is 7.76. The maximum absolute atomic E-state index is 12.3. The van der Waals surface area contributed by atoms with Gasteiger partial charge in [-0.1, -0.05) is 29.8 Å². The minimum atomic E-state index is 0.0286. The van der Waals surface area contributed by atoms with E-state index in [1.165, 1.54) is 0 Å². The molecule has 1 fully saturated rings. The van der Waals surface area contributed by atoms with Gasteiger partial charge in [0.15, 0.2) is 5.82 Å². The largest absolute Gasteiger partial charge is 0.349 e. The Morgan fingerprint density at radius 1 is 1.36 bits per heavy atom. The zero-order chi connectivity index (χ0) is 15.1. The molecule has 1 aromatic carbocycles. The molecule has 0 bridgehead atoms. The number of aromatic nitrogens is 3. The summed E-state index contributed by atoms with van der Waals surface area (Å²) < 4.78 is 2.11. The number of hydrogen-bond acceptors (Lipinski definition) is 3. The highest BCUT2D eigenvalue weighted by Gasteiger charge is 2.44. The van der Waals surface area contributed by atoms with Crippen molar-refractivity contribution >= 4 is 17.5 Å². The van der Waals surface area contributed by atoms with Crippen LogP contribution in [0.3, 0.4) is 0 Å². The molecule has 2 atom stereocenters. The monoisotopic (exact) mass is 316 g/mol. The predicted molar refractivity (Wildman–Crippen MR) is 82.5 cm³/mol. The Morgan fingerprint density at radius 3 is 3.09 bits per heavy atom. The summed E-state index contributed by atoms with van der Waals surface area (Å²) in [5.41, 5.74) is 1.08. The Bertz CT molecular complexity index is 727. The zero-order valence-corrected chi connectivity index (χ0v) is 12.9. The highest BCUT2D eigenvalue weighted by Crippen LogP contribution is 2.49. The third kappa shape index (κ3) is 2.39. The summed E-state index contributed by atoms with van der Waals surface area (Å²) in [6.45, 7) is 1.41. The number of carbonyl (C=O) groups is 1. The van der Waals surface area contributed by atoms with Crippen LogP contribution in [0.15, 0.2) is 24.3 Å². The van der Waals surface area contributed by atoms with Gasteiger partial charge >= 0.3 is 0 Å². The van der Waals surface area contributed by atoms with Crippen LogP contribution in [0.2, 0.25) is 5.02 Å². The number of carbonyl (C=O) groups excluding carboxylic acids is 1. The van der Waals surface area contributed by atoms with E-state index in [-0.39, 0.29) is 17.7 Å². The van der Waals surface area contributed by atoms with Gasteiger partial charge in [0.1, 0.15) is 5.82 Å². The van der Waals surface area contributed by atoms with Crippen LogP contribution < -0.4 is 5.32 Å². The van der Waals surface area contributed by atoms with E-state index in [4.69, 9.17) is 11.6 Å². The van der Waals surface area contributed by atoms with Crippen LogP contribution in [0.25, 0.3) is 0 Å². The summed E-state index contributed by atoms with van der Waals surface area (Å²) in [7, 11) is 0. The zero-order valence-electron chi connectivity index (χ0n) is 12.1. The van der Waals surface area contributed by atoms with Crippen LogP contribution in [0.1, 0.15) is 36.0 Å². The number of benzene rings is 1. The van der Waals surface area contributed by atoms with Gasteiger partial charge in [-0.3, -0.25) is 4.79 Å². The molecular weight excluding hydrogens is 300 g/mol. The average molecular weight is 317 g/mol. The van der Waals surface area contributed by atoms with Gasteiger partial charge in [-0.15, -0.1) is 10.2 Å². The SMILES string of the molecule is O=C(NCc1nnc2n1CCC2)[C@H]1C[C@@H]1c1ccccc1Cl. The smallest absolute Gasteiger partial charge is 0.224 e. The second-order valence-electron chi connectivity index (χ2n) is 5.98. The van der Waals surface area contributed by atoms with Gasteiger partial charge in [0, 0.05) is 23.9 Å². The topological polar surface area (TPSA) is 59.8 Å². The van der Waals surface area contributed by atoms with Gasteiger partial charge in [0.25, 0.3) is 0 Å². The number of aryl methyl sites for hydroxylation is 1. The Kier molecular flexibility index (Phi) is 3.37. The molecule has 1 aliphatic heterocycles. The van der Waals surface area contributed by atoms with Gasteiger partial charge in [0.2, 0.25) is 5.91 Å². The van der Waals surface area contributed by atoms with E-state index in [1.807, 2.05) is 24.3 Å². The molecule has 2 heterocycles. The third-order valence-corrected chi connectivity index (χ3v) is 4.88. The number of amides is 1. The van der Waals surface area contributed by atoms with Crippen molar-refractivity contribution in [1.82, 2.24) is 20.1 Å². The normalized spacial score (nSPS) is 22.4. The minimum Gasteiger partial charge on any atom is -0.349 e. The number of fused-ring (bicyclic) bond motifs is 1. The van der Waals surface area contributed by atoms with Crippen molar-refractivity contribution in [3.63, 3.8) is 0 Å². The molecule has 4 rings (SSSR count). The van der Waals surface area contributed by atoms with Crippen LogP contribution in [0, 0.1) is 5.92 Å². The molecule has 22 heavy (non-hydrogen) atoms. The van der Waals surface area contributed by atoms with Gasteiger partial charge < -0.3 is 9.88 Å². The van der Waals surface area contributed by atoms with E-state index in [0.717, 1.165) is 48.0 Å². The Balaban J connectivity index is 1.37. The van der Waals surface area contributed by atoms with Crippen LogP contribution in [0.4, 0.5) is 0 Å². The standard InChI is InChI=1S/C16H17ClN4O/c17-13-5-2-1-4-10(13)11-8-12(11)16(22)18-9-15-20-19-14-6-3-7-21(14)15/h1-2,4-5,11-12H,3,6-9H2,(H,18,22)/t11-,12+/m1/s1. The number of rotatable bonds is 4. The molecule has 1 aliphatic carbocycles. The third-order valence-electron chi connectivity index (χ3n) is 4.54. The van der Waals surface area contributed by atoms with E-state index in [0.29, 0.717) is 6.54 Å². The van der Waals surface area contributed by atoms with Gasteiger partial charge in [-0.2, -0.15) is 0 Å². The Morgan fingerprint density at radius 2 is 2.23 bits per heavy atom. The maximum Gasteiger partial charge on any atom is 0.224 e. The molecule has 0 unspecified atom stereocenters. The lowest BCUT2D eigenvalue weighted by Gasteiger charge is -2.06. The van der Waals surface area contributed by atoms with E-state index >= 15 is 0 Å². The molecular formula is C16H17ClN4O. The van der Waals surface area contributed by atoms with E-state index < -0.39 is 0 Å². The van der Waals surface area contributed by atoms with Crippen molar-refractivity contribution in [1.29, 1.82) is 0 Å². The quantitative estimate of drug-likeness (QED) is 0.941. The van der Waals surface area contributed by atoms with Crippen LogP contribution in [-0.2, 0) is 24.3 Å². The summed E-state index contributed by atoms with van der Waals surface area (Å²) in [5.74, 6) is 2.25. The van der Waals surface area contributed by atoms with Crippen molar-refractivity contribution in [2.24, 2.45) is 5.92 Å². The second kappa shape index (κ2) is 5.39. The summed E-state index contributed by atoms with van der Waals surface area (Å²) in [5, 5.41) is 12.1. The van der Waals surface area contributed by atoms with E-state index in [2.05, 4.69) is 20.1 Å². The highest BCUT2D eigenvalue weighted by molar-refractivity contribution is 6.31. The molecule has 1 amide bonds. The predicted octanol–water partition coefficient (Wildman–Crippen LogP) is 2.30.